The molecule has 2 N–H and O–H groups in total. The maximum Gasteiger partial charge on any atom is 0.224 e. The Kier molecular flexibility index (Phi) is 3.34. The highest BCUT2D eigenvalue weighted by molar-refractivity contribution is 5.60. The van der Waals surface area contributed by atoms with Crippen molar-refractivity contribution in [1.29, 1.82) is 0 Å². The quantitative estimate of drug-likeness (QED) is 0.709. The molecule has 104 valence electrons. The summed E-state index contributed by atoms with van der Waals surface area (Å²) in [5.41, 5.74) is 7.23. The van der Waals surface area contributed by atoms with Crippen molar-refractivity contribution in [2.45, 2.75) is 13.3 Å². The first-order valence-electron chi connectivity index (χ1n) is 6.41. The van der Waals surface area contributed by atoms with E-state index >= 15 is 0 Å². The van der Waals surface area contributed by atoms with Gasteiger partial charge in [-0.3, -0.25) is 0 Å². The Labute approximate surface area is 115 Å². The number of nitrogen functional groups attached to an aromatic ring is 1. The number of nitrogens with two attached hydrogens (primary N) is 1. The fourth-order valence-electron chi connectivity index (χ4n) is 1.92. The average Bonchev–Trinajstić information content (AvgIpc) is 3.07. The predicted molar refractivity (Wildman–Crippen MR) is 73.1 cm³/mol. The van der Waals surface area contributed by atoms with Crippen LogP contribution in [0.4, 0.5) is 5.95 Å². The first kappa shape index (κ1) is 12.6. The van der Waals surface area contributed by atoms with Gasteiger partial charge in [0.05, 0.1) is 12.9 Å². The van der Waals surface area contributed by atoms with Crippen LogP contribution in [0.1, 0.15) is 12.7 Å². The number of aromatic nitrogens is 4. The molecular formula is C13H15N5O2. The van der Waals surface area contributed by atoms with E-state index in [2.05, 4.69) is 15.1 Å². The summed E-state index contributed by atoms with van der Waals surface area (Å²) < 4.78 is 12.1. The molecule has 3 heterocycles. The number of hydrogen-bond donors (Lipinski definition) is 1. The van der Waals surface area contributed by atoms with Crippen molar-refractivity contribution in [2.75, 3.05) is 18.9 Å². The standard InChI is InChI=1S/C13H15N5O2/c1-2-19-7-5-11-15-12-8-9(10-4-3-6-20-10)17-18(12)13(14)16-11/h3-4,6,8H,2,5,7H2,1H3,(H2,14,15,16). The number of ether oxygens (including phenoxy) is 1. The van der Waals surface area contributed by atoms with E-state index in [-0.39, 0.29) is 0 Å². The third-order valence-corrected chi connectivity index (χ3v) is 2.84. The molecule has 0 unspecified atom stereocenters. The summed E-state index contributed by atoms with van der Waals surface area (Å²) in [5, 5.41) is 4.33. The lowest BCUT2D eigenvalue weighted by molar-refractivity contribution is 0.149. The molecule has 3 rings (SSSR count). The van der Waals surface area contributed by atoms with Gasteiger partial charge in [0.2, 0.25) is 5.95 Å². The second kappa shape index (κ2) is 5.30. The molecule has 0 saturated heterocycles. The van der Waals surface area contributed by atoms with Crippen molar-refractivity contribution in [3.8, 4) is 11.5 Å². The van der Waals surface area contributed by atoms with Crippen molar-refractivity contribution >= 4 is 11.6 Å². The smallest absolute Gasteiger partial charge is 0.224 e. The largest absolute Gasteiger partial charge is 0.463 e. The molecule has 0 aliphatic heterocycles. The van der Waals surface area contributed by atoms with Gasteiger partial charge in [-0.2, -0.15) is 14.6 Å². The van der Waals surface area contributed by atoms with Crippen LogP contribution in [0.3, 0.4) is 0 Å². The first-order chi connectivity index (χ1) is 9.78. The normalized spacial score (nSPS) is 11.2. The Bertz CT molecular complexity index is 705. The van der Waals surface area contributed by atoms with E-state index < -0.39 is 0 Å². The van der Waals surface area contributed by atoms with Crippen molar-refractivity contribution in [3.63, 3.8) is 0 Å². The monoisotopic (exact) mass is 273 g/mol. The van der Waals surface area contributed by atoms with Crippen molar-refractivity contribution < 1.29 is 9.15 Å². The summed E-state index contributed by atoms with van der Waals surface area (Å²) in [6, 6.07) is 5.46. The van der Waals surface area contributed by atoms with Crippen molar-refractivity contribution in [3.05, 3.63) is 30.3 Å². The van der Waals surface area contributed by atoms with Crippen LogP contribution in [-0.4, -0.2) is 32.8 Å². The second-order valence-corrected chi connectivity index (χ2v) is 4.22. The van der Waals surface area contributed by atoms with Gasteiger partial charge in [-0.05, 0) is 19.1 Å². The molecule has 0 radical (unpaired) electrons. The number of rotatable bonds is 5. The van der Waals surface area contributed by atoms with Gasteiger partial charge in [0, 0.05) is 19.1 Å². The summed E-state index contributed by atoms with van der Waals surface area (Å²) in [5.74, 6) is 1.62. The molecule has 20 heavy (non-hydrogen) atoms. The Morgan fingerprint density at radius 2 is 2.30 bits per heavy atom. The molecule has 0 spiro atoms. The molecule has 7 nitrogen and oxygen atoms in total. The maximum atomic E-state index is 5.91. The van der Waals surface area contributed by atoms with E-state index in [0.717, 1.165) is 0 Å². The lowest BCUT2D eigenvalue weighted by Gasteiger charge is -2.03. The van der Waals surface area contributed by atoms with Crippen LogP contribution in [0, 0.1) is 0 Å². The third-order valence-electron chi connectivity index (χ3n) is 2.84. The molecule has 0 aliphatic carbocycles. The molecule has 7 heteroatoms. The minimum absolute atomic E-state index is 0.305. The van der Waals surface area contributed by atoms with Crippen LogP contribution < -0.4 is 5.73 Å². The molecule has 0 fully saturated rings. The van der Waals surface area contributed by atoms with E-state index in [1.807, 2.05) is 25.1 Å². The fourth-order valence-corrected chi connectivity index (χ4v) is 1.92. The summed E-state index contributed by atoms with van der Waals surface area (Å²) in [6.07, 6.45) is 2.22. The number of nitrogens with zero attached hydrogens (tertiary/aromatic N) is 4. The number of anilines is 1. The molecule has 0 amide bonds. The van der Waals surface area contributed by atoms with Gasteiger partial charge in [-0.1, -0.05) is 0 Å². The number of furan rings is 1. The topological polar surface area (TPSA) is 91.5 Å². The summed E-state index contributed by atoms with van der Waals surface area (Å²) in [4.78, 5) is 8.65. The summed E-state index contributed by atoms with van der Waals surface area (Å²) >= 11 is 0. The van der Waals surface area contributed by atoms with E-state index in [0.29, 0.717) is 48.5 Å². The molecular weight excluding hydrogens is 258 g/mol. The highest BCUT2D eigenvalue weighted by Crippen LogP contribution is 2.20. The number of fused-ring (bicyclic) bond motifs is 1. The predicted octanol–water partition coefficient (Wildman–Crippen LogP) is 1.55. The van der Waals surface area contributed by atoms with Crippen LogP contribution in [0.25, 0.3) is 17.1 Å². The third kappa shape index (κ3) is 2.35. The highest BCUT2D eigenvalue weighted by atomic mass is 16.5. The SMILES string of the molecule is CCOCCc1nc(N)n2nc(-c3ccco3)cc2n1. The Morgan fingerprint density at radius 1 is 1.40 bits per heavy atom. The molecule has 3 aromatic heterocycles. The Morgan fingerprint density at radius 3 is 3.05 bits per heavy atom. The first-order valence-corrected chi connectivity index (χ1v) is 6.41. The van der Waals surface area contributed by atoms with Gasteiger partial charge in [0.15, 0.2) is 11.4 Å². The highest BCUT2D eigenvalue weighted by Gasteiger charge is 2.11. The van der Waals surface area contributed by atoms with Gasteiger partial charge >= 0.3 is 0 Å². The summed E-state index contributed by atoms with van der Waals surface area (Å²) in [6.45, 7) is 3.20. The minimum atomic E-state index is 0.305. The van der Waals surface area contributed by atoms with Crippen LogP contribution in [0.5, 0.6) is 0 Å². The molecule has 0 aliphatic rings. The van der Waals surface area contributed by atoms with Gasteiger partial charge in [-0.15, -0.1) is 0 Å². The van der Waals surface area contributed by atoms with E-state index in [1.165, 1.54) is 4.52 Å². The van der Waals surface area contributed by atoms with Gasteiger partial charge in [0.1, 0.15) is 11.5 Å². The lowest BCUT2D eigenvalue weighted by Crippen LogP contribution is -2.09. The van der Waals surface area contributed by atoms with Gasteiger partial charge < -0.3 is 14.9 Å². The zero-order valence-electron chi connectivity index (χ0n) is 11.1. The van der Waals surface area contributed by atoms with Crippen LogP contribution in [-0.2, 0) is 11.2 Å². The lowest BCUT2D eigenvalue weighted by atomic mass is 10.3. The Hall–Kier alpha value is -2.41. The molecule has 0 aromatic carbocycles. The fraction of sp³-hybridized carbons (Fsp3) is 0.308. The van der Waals surface area contributed by atoms with E-state index in [9.17, 15) is 0 Å². The zero-order chi connectivity index (χ0) is 13.9. The summed E-state index contributed by atoms with van der Waals surface area (Å²) in [7, 11) is 0. The Balaban J connectivity index is 1.95. The van der Waals surface area contributed by atoms with Crippen LogP contribution in [0.2, 0.25) is 0 Å². The molecule has 3 aromatic rings. The minimum Gasteiger partial charge on any atom is -0.463 e. The van der Waals surface area contributed by atoms with Crippen molar-refractivity contribution in [1.82, 2.24) is 19.6 Å². The van der Waals surface area contributed by atoms with Crippen LogP contribution in [0.15, 0.2) is 28.9 Å². The zero-order valence-corrected chi connectivity index (χ0v) is 11.1. The van der Waals surface area contributed by atoms with E-state index in [4.69, 9.17) is 14.9 Å². The molecule has 0 bridgehead atoms. The maximum absolute atomic E-state index is 5.91. The molecule has 0 saturated carbocycles. The number of hydrogen-bond acceptors (Lipinski definition) is 6. The average molecular weight is 273 g/mol. The van der Waals surface area contributed by atoms with Gasteiger partial charge in [0.25, 0.3) is 0 Å². The van der Waals surface area contributed by atoms with Gasteiger partial charge in [-0.25, -0.2) is 4.98 Å². The van der Waals surface area contributed by atoms with E-state index in [1.54, 1.807) is 6.26 Å². The van der Waals surface area contributed by atoms with Crippen molar-refractivity contribution in [2.24, 2.45) is 0 Å². The second-order valence-electron chi connectivity index (χ2n) is 4.22. The van der Waals surface area contributed by atoms with Crippen LogP contribution >= 0.6 is 0 Å². The molecule has 0 atom stereocenters.